The van der Waals surface area contributed by atoms with Crippen molar-refractivity contribution in [1.29, 1.82) is 0 Å². The summed E-state index contributed by atoms with van der Waals surface area (Å²) in [5.41, 5.74) is -0.937. The van der Waals surface area contributed by atoms with Crippen LogP contribution in [0.1, 0.15) is 26.2 Å². The highest BCUT2D eigenvalue weighted by Gasteiger charge is 2.58. The van der Waals surface area contributed by atoms with Gasteiger partial charge in [0.2, 0.25) is 0 Å². The average Bonchev–Trinajstić information content (AvgIpc) is 2.41. The number of methoxy groups -OCH3 is 1. The zero-order chi connectivity index (χ0) is 15.9. The van der Waals surface area contributed by atoms with Crippen LogP contribution in [0, 0.1) is 17.3 Å². The maximum absolute atomic E-state index is 12.2. The SMILES string of the molecule is C=C(C(=O)OC)[C@@H]1[C@H](O)[C@@H]2C(=O)CC[C@H](O)[C@@]2(C)C[C@H]1O. The predicted octanol–water partition coefficient (Wildman–Crippen LogP) is -0.196. The van der Waals surface area contributed by atoms with Gasteiger partial charge in [-0.25, -0.2) is 4.79 Å². The second-order valence-electron chi connectivity index (χ2n) is 6.31. The summed E-state index contributed by atoms with van der Waals surface area (Å²) in [6.45, 7) is 5.28. The van der Waals surface area contributed by atoms with E-state index in [1.54, 1.807) is 6.92 Å². The first-order chi connectivity index (χ1) is 9.74. The number of rotatable bonds is 2. The van der Waals surface area contributed by atoms with Gasteiger partial charge in [-0.05, 0) is 12.8 Å². The van der Waals surface area contributed by atoms with Gasteiger partial charge < -0.3 is 20.1 Å². The highest BCUT2D eigenvalue weighted by molar-refractivity contribution is 5.89. The molecule has 0 saturated heterocycles. The molecule has 6 nitrogen and oxygen atoms in total. The van der Waals surface area contributed by atoms with Crippen LogP contribution in [0.2, 0.25) is 0 Å². The quantitative estimate of drug-likeness (QED) is 0.482. The summed E-state index contributed by atoms with van der Waals surface area (Å²) in [7, 11) is 1.19. The third-order valence-electron chi connectivity index (χ3n) is 5.11. The van der Waals surface area contributed by atoms with Crippen molar-refractivity contribution in [2.75, 3.05) is 7.11 Å². The van der Waals surface area contributed by atoms with Crippen molar-refractivity contribution in [3.8, 4) is 0 Å². The number of ether oxygens (including phenoxy) is 1. The van der Waals surface area contributed by atoms with Crippen LogP contribution in [0.15, 0.2) is 12.2 Å². The van der Waals surface area contributed by atoms with E-state index in [1.165, 1.54) is 7.11 Å². The van der Waals surface area contributed by atoms with E-state index in [0.29, 0.717) is 6.42 Å². The minimum absolute atomic E-state index is 0.0487. The number of aliphatic hydroxyl groups excluding tert-OH is 3. The molecule has 0 bridgehead atoms. The Morgan fingerprint density at radius 1 is 1.38 bits per heavy atom. The minimum Gasteiger partial charge on any atom is -0.466 e. The Morgan fingerprint density at radius 2 is 2.00 bits per heavy atom. The molecule has 0 aromatic carbocycles. The molecule has 0 heterocycles. The molecule has 6 heteroatoms. The number of ketones is 1. The van der Waals surface area contributed by atoms with E-state index < -0.39 is 41.5 Å². The molecule has 2 saturated carbocycles. The number of Topliss-reactive ketones (excluding diaryl/α,β-unsaturated/α-hetero) is 1. The summed E-state index contributed by atoms with van der Waals surface area (Å²) in [6.07, 6.45) is -2.44. The fourth-order valence-electron chi connectivity index (χ4n) is 3.90. The Kier molecular flexibility index (Phi) is 4.24. The largest absolute Gasteiger partial charge is 0.466 e. The Labute approximate surface area is 123 Å². The van der Waals surface area contributed by atoms with Gasteiger partial charge >= 0.3 is 5.97 Å². The van der Waals surface area contributed by atoms with Crippen molar-refractivity contribution >= 4 is 11.8 Å². The van der Waals surface area contributed by atoms with E-state index in [-0.39, 0.29) is 24.2 Å². The molecule has 2 fully saturated rings. The summed E-state index contributed by atoms with van der Waals surface area (Å²) >= 11 is 0. The lowest BCUT2D eigenvalue weighted by atomic mass is 9.54. The van der Waals surface area contributed by atoms with Crippen LogP contribution in [-0.2, 0) is 14.3 Å². The molecular weight excluding hydrogens is 276 g/mol. The van der Waals surface area contributed by atoms with Crippen LogP contribution in [0.25, 0.3) is 0 Å². The zero-order valence-corrected chi connectivity index (χ0v) is 12.3. The van der Waals surface area contributed by atoms with Crippen molar-refractivity contribution in [2.24, 2.45) is 17.3 Å². The first kappa shape index (κ1) is 16.1. The summed E-state index contributed by atoms with van der Waals surface area (Å²) in [5.74, 6) is -2.63. The zero-order valence-electron chi connectivity index (χ0n) is 12.3. The number of carbonyl (C=O) groups is 2. The highest BCUT2D eigenvalue weighted by Crippen LogP contribution is 2.51. The van der Waals surface area contributed by atoms with Crippen LogP contribution in [0.4, 0.5) is 0 Å². The molecule has 0 aromatic rings. The van der Waals surface area contributed by atoms with E-state index in [9.17, 15) is 24.9 Å². The predicted molar refractivity (Wildman–Crippen MR) is 73.1 cm³/mol. The number of hydrogen-bond donors (Lipinski definition) is 3. The van der Waals surface area contributed by atoms with Crippen LogP contribution in [-0.4, -0.2) is 52.5 Å². The molecule has 3 N–H and O–H groups in total. The van der Waals surface area contributed by atoms with Gasteiger partial charge in [0.25, 0.3) is 0 Å². The molecule has 0 amide bonds. The first-order valence-corrected chi connectivity index (χ1v) is 7.08. The van der Waals surface area contributed by atoms with Gasteiger partial charge in [-0.2, -0.15) is 0 Å². The molecule has 0 spiro atoms. The normalized spacial score (nSPS) is 43.1. The van der Waals surface area contributed by atoms with Crippen LogP contribution < -0.4 is 0 Å². The molecule has 21 heavy (non-hydrogen) atoms. The average molecular weight is 298 g/mol. The van der Waals surface area contributed by atoms with Gasteiger partial charge in [-0.15, -0.1) is 0 Å². The van der Waals surface area contributed by atoms with Gasteiger partial charge in [-0.1, -0.05) is 13.5 Å². The van der Waals surface area contributed by atoms with E-state index in [0.717, 1.165) is 0 Å². The number of aliphatic hydroxyl groups is 3. The Balaban J connectivity index is 2.36. The van der Waals surface area contributed by atoms with E-state index in [2.05, 4.69) is 11.3 Å². The number of esters is 1. The fraction of sp³-hybridized carbons (Fsp3) is 0.733. The van der Waals surface area contributed by atoms with Crippen LogP contribution in [0.3, 0.4) is 0 Å². The monoisotopic (exact) mass is 298 g/mol. The molecule has 6 atom stereocenters. The van der Waals surface area contributed by atoms with Gasteiger partial charge in [0, 0.05) is 23.3 Å². The lowest BCUT2D eigenvalue weighted by Crippen LogP contribution is -2.61. The summed E-state index contributed by atoms with van der Waals surface area (Å²) in [4.78, 5) is 23.8. The lowest BCUT2D eigenvalue weighted by Gasteiger charge is -2.53. The molecule has 0 aromatic heterocycles. The van der Waals surface area contributed by atoms with Gasteiger partial charge in [0.15, 0.2) is 0 Å². The summed E-state index contributed by atoms with van der Waals surface area (Å²) < 4.78 is 4.58. The fourth-order valence-corrected chi connectivity index (χ4v) is 3.90. The third-order valence-corrected chi connectivity index (χ3v) is 5.11. The molecule has 0 aliphatic heterocycles. The number of carbonyl (C=O) groups excluding carboxylic acids is 2. The second kappa shape index (κ2) is 5.51. The third kappa shape index (κ3) is 2.41. The van der Waals surface area contributed by atoms with Crippen molar-refractivity contribution in [3.05, 3.63) is 12.2 Å². The van der Waals surface area contributed by atoms with Crippen molar-refractivity contribution < 1.29 is 29.6 Å². The van der Waals surface area contributed by atoms with Gasteiger partial charge in [0.05, 0.1) is 31.3 Å². The second-order valence-corrected chi connectivity index (χ2v) is 6.31. The Hall–Kier alpha value is -1.24. The maximum Gasteiger partial charge on any atom is 0.333 e. The van der Waals surface area contributed by atoms with Crippen molar-refractivity contribution in [2.45, 2.75) is 44.5 Å². The molecule has 2 aliphatic rings. The number of hydrogen-bond acceptors (Lipinski definition) is 6. The summed E-state index contributed by atoms with van der Waals surface area (Å²) in [5, 5.41) is 31.1. The number of fused-ring (bicyclic) bond motifs is 1. The van der Waals surface area contributed by atoms with Crippen molar-refractivity contribution in [1.82, 2.24) is 0 Å². The minimum atomic E-state index is -1.26. The maximum atomic E-state index is 12.2. The van der Waals surface area contributed by atoms with Crippen LogP contribution in [0.5, 0.6) is 0 Å². The smallest absolute Gasteiger partial charge is 0.333 e. The van der Waals surface area contributed by atoms with Gasteiger partial charge in [0.1, 0.15) is 5.78 Å². The molecule has 0 radical (unpaired) electrons. The topological polar surface area (TPSA) is 104 Å². The Morgan fingerprint density at radius 3 is 2.57 bits per heavy atom. The standard InChI is InChI=1S/C15H22O6/c1-7(14(20)21-3)11-9(17)6-15(2)10(18)5-4-8(16)12(15)13(11)19/h9-13,17-19H,1,4-6H2,2-3H3/t9-,10+,11+,12+,13+,15-/m1/s1. The van der Waals surface area contributed by atoms with E-state index >= 15 is 0 Å². The first-order valence-electron chi connectivity index (χ1n) is 7.08. The molecule has 2 rings (SSSR count). The molecule has 0 unspecified atom stereocenters. The van der Waals surface area contributed by atoms with Crippen LogP contribution >= 0.6 is 0 Å². The highest BCUT2D eigenvalue weighted by atomic mass is 16.5. The van der Waals surface area contributed by atoms with E-state index in [1.807, 2.05) is 0 Å². The molecular formula is C15H22O6. The molecule has 2 aliphatic carbocycles. The van der Waals surface area contributed by atoms with Gasteiger partial charge in [-0.3, -0.25) is 4.79 Å². The van der Waals surface area contributed by atoms with Crippen molar-refractivity contribution in [3.63, 3.8) is 0 Å². The molecule has 118 valence electrons. The Bertz CT molecular complexity index is 473. The lowest BCUT2D eigenvalue weighted by molar-refractivity contribution is -0.178. The van der Waals surface area contributed by atoms with E-state index in [4.69, 9.17) is 0 Å². The summed E-state index contributed by atoms with van der Waals surface area (Å²) in [6, 6.07) is 0.